The van der Waals surface area contributed by atoms with Crippen molar-refractivity contribution in [2.24, 2.45) is 0 Å². The van der Waals surface area contributed by atoms with E-state index in [-0.39, 0.29) is 15.9 Å². The summed E-state index contributed by atoms with van der Waals surface area (Å²) in [7, 11) is -6.38. The van der Waals surface area contributed by atoms with Gasteiger partial charge in [-0.3, -0.25) is 4.55 Å². The Morgan fingerprint density at radius 2 is 1.24 bits per heavy atom. The number of rotatable bonds is 24. The Labute approximate surface area is 255 Å². The van der Waals surface area contributed by atoms with E-state index in [0.29, 0.717) is 25.4 Å². The molecule has 0 bridgehead atoms. The van der Waals surface area contributed by atoms with E-state index in [1.165, 1.54) is 96.0 Å². The van der Waals surface area contributed by atoms with Gasteiger partial charge in [0.1, 0.15) is 0 Å². The normalized spacial score (nSPS) is 13.6. The maximum absolute atomic E-state index is 12.2. The molecule has 1 aromatic rings. The van der Waals surface area contributed by atoms with Crippen molar-refractivity contribution in [3.8, 4) is 0 Å². The topological polar surface area (TPSA) is 72.8 Å². The van der Waals surface area contributed by atoms with E-state index in [2.05, 4.69) is 40.8 Å². The maximum atomic E-state index is 12.2. The van der Waals surface area contributed by atoms with Crippen LogP contribution in [0.2, 0.25) is 18.1 Å². The lowest BCUT2D eigenvalue weighted by Gasteiger charge is -2.37. The highest BCUT2D eigenvalue weighted by atomic mass is 32.2. The minimum atomic E-state index is -4.34. The lowest BCUT2D eigenvalue weighted by Crippen LogP contribution is -2.42. The first-order valence-corrected chi connectivity index (χ1v) is 20.9. The molecule has 0 aliphatic carbocycles. The molecule has 0 fully saturated rings. The molecule has 0 amide bonds. The van der Waals surface area contributed by atoms with E-state index in [0.717, 1.165) is 18.4 Å². The predicted molar refractivity (Wildman–Crippen MR) is 177 cm³/mol. The van der Waals surface area contributed by atoms with Gasteiger partial charge < -0.3 is 9.16 Å². The molecule has 5 nitrogen and oxygen atoms in total. The molecule has 0 spiro atoms. The Balaban J connectivity index is 2.38. The number of hydrogen-bond acceptors (Lipinski definition) is 4. The summed E-state index contributed by atoms with van der Waals surface area (Å²) in [6, 6.07) is 5.06. The lowest BCUT2D eigenvalue weighted by molar-refractivity contribution is 0.0972. The van der Waals surface area contributed by atoms with Crippen LogP contribution in [0.25, 0.3) is 0 Å². The fourth-order valence-electron chi connectivity index (χ4n) is 4.95. The van der Waals surface area contributed by atoms with Crippen LogP contribution < -0.4 is 0 Å². The average molecular weight is 613 g/mol. The van der Waals surface area contributed by atoms with Crippen LogP contribution in [0.4, 0.5) is 0 Å². The molecule has 0 aliphatic rings. The number of ether oxygens (including phenoxy) is 1. The third-order valence-corrected chi connectivity index (χ3v) is 14.2. The molecule has 1 aromatic carbocycles. The fourth-order valence-corrected chi connectivity index (χ4v) is 6.77. The molecule has 41 heavy (non-hydrogen) atoms. The number of benzene rings is 1. The van der Waals surface area contributed by atoms with E-state index in [9.17, 15) is 13.0 Å². The van der Waals surface area contributed by atoms with E-state index in [1.54, 1.807) is 6.07 Å². The van der Waals surface area contributed by atoms with Crippen molar-refractivity contribution in [2.75, 3.05) is 19.8 Å². The monoisotopic (exact) mass is 612 g/mol. The number of aryl methyl sites for hydroxylation is 1. The SMILES string of the molecule is CCCCCCCCCCCCCCCCCCOCC(CO[Si](C)(C)C(C)(C)C)c1cc(C)ccc1S(=O)(=O)O. The van der Waals surface area contributed by atoms with E-state index >= 15 is 0 Å². The summed E-state index contributed by atoms with van der Waals surface area (Å²) >= 11 is 0. The van der Waals surface area contributed by atoms with Gasteiger partial charge >= 0.3 is 0 Å². The molecule has 1 rings (SSSR count). The van der Waals surface area contributed by atoms with Gasteiger partial charge in [0.25, 0.3) is 10.1 Å². The van der Waals surface area contributed by atoms with Crippen molar-refractivity contribution in [3.05, 3.63) is 29.3 Å². The molecule has 240 valence electrons. The third kappa shape index (κ3) is 16.6. The molecular weight excluding hydrogens is 549 g/mol. The van der Waals surface area contributed by atoms with Gasteiger partial charge in [0.2, 0.25) is 0 Å². The Bertz CT molecular complexity index is 924. The number of unbranched alkanes of at least 4 members (excludes halogenated alkanes) is 15. The van der Waals surface area contributed by atoms with Crippen LogP contribution >= 0.6 is 0 Å². The minimum absolute atomic E-state index is 0.0436. The highest BCUT2D eigenvalue weighted by Gasteiger charge is 2.38. The van der Waals surface area contributed by atoms with Gasteiger partial charge in [0.15, 0.2) is 8.32 Å². The summed E-state index contributed by atoms with van der Waals surface area (Å²) in [6.07, 6.45) is 21.4. The fraction of sp³-hybridized carbons (Fsp3) is 0.824. The van der Waals surface area contributed by atoms with E-state index in [1.807, 2.05) is 13.0 Å². The van der Waals surface area contributed by atoms with Gasteiger partial charge in [-0.1, -0.05) is 142 Å². The molecule has 0 aromatic heterocycles. The summed E-state index contributed by atoms with van der Waals surface area (Å²) in [4.78, 5) is -0.0436. The standard InChI is InChI=1S/C34H64O5SSi/c1-8-9-10-11-12-13-14-15-16-17-18-19-20-21-22-23-26-38-28-31(29-39-41(6,7)34(3,4)5)32-27-30(2)24-25-33(32)40(35,36)37/h24-25,27,31H,8-23,26,28-29H2,1-7H3,(H,35,36,37). The molecule has 0 aliphatic heterocycles. The van der Waals surface area contributed by atoms with Gasteiger partial charge in [0.05, 0.1) is 11.5 Å². The quantitative estimate of drug-likeness (QED) is 0.0714. The highest BCUT2D eigenvalue weighted by Crippen LogP contribution is 2.38. The second kappa shape index (κ2) is 20.3. The smallest absolute Gasteiger partial charge is 0.294 e. The predicted octanol–water partition coefficient (Wildman–Crippen LogP) is 10.6. The van der Waals surface area contributed by atoms with Crippen molar-refractivity contribution in [1.29, 1.82) is 0 Å². The van der Waals surface area contributed by atoms with E-state index in [4.69, 9.17) is 9.16 Å². The van der Waals surface area contributed by atoms with Crippen LogP contribution in [-0.4, -0.2) is 41.1 Å². The van der Waals surface area contributed by atoms with Crippen LogP contribution in [-0.2, 0) is 19.3 Å². The summed E-state index contributed by atoms with van der Waals surface area (Å²) in [5, 5.41) is 0.0461. The first kappa shape index (κ1) is 38.3. The molecule has 0 saturated carbocycles. The molecular formula is C34H64O5SSi. The average Bonchev–Trinajstić information content (AvgIpc) is 2.88. The summed E-state index contributed by atoms with van der Waals surface area (Å²) in [6.45, 7) is 16.6. The van der Waals surface area contributed by atoms with E-state index < -0.39 is 18.4 Å². The van der Waals surface area contributed by atoms with Crippen LogP contribution in [0.15, 0.2) is 23.1 Å². The first-order chi connectivity index (χ1) is 19.3. The summed E-state index contributed by atoms with van der Waals surface area (Å²) in [5.74, 6) is -0.262. The zero-order valence-electron chi connectivity index (χ0n) is 27.7. The van der Waals surface area contributed by atoms with Crippen LogP contribution in [0.3, 0.4) is 0 Å². The van der Waals surface area contributed by atoms with Crippen molar-refractivity contribution in [2.45, 2.75) is 166 Å². The number of hydrogen-bond donors (Lipinski definition) is 1. The molecule has 0 radical (unpaired) electrons. The Morgan fingerprint density at radius 3 is 1.68 bits per heavy atom. The Morgan fingerprint density at radius 1 is 0.780 bits per heavy atom. The summed E-state index contributed by atoms with van der Waals surface area (Å²) < 4.78 is 46.8. The highest BCUT2D eigenvalue weighted by molar-refractivity contribution is 7.85. The van der Waals surface area contributed by atoms with Crippen LogP contribution in [0.1, 0.15) is 147 Å². The van der Waals surface area contributed by atoms with Crippen molar-refractivity contribution in [3.63, 3.8) is 0 Å². The molecule has 1 atom stereocenters. The van der Waals surface area contributed by atoms with Crippen molar-refractivity contribution >= 4 is 18.4 Å². The summed E-state index contributed by atoms with van der Waals surface area (Å²) in [5.41, 5.74) is 1.53. The third-order valence-electron chi connectivity index (χ3n) is 8.80. The van der Waals surface area contributed by atoms with Gasteiger partial charge in [-0.2, -0.15) is 8.42 Å². The molecule has 7 heteroatoms. The van der Waals surface area contributed by atoms with Gasteiger partial charge in [-0.25, -0.2) is 0 Å². The van der Waals surface area contributed by atoms with Crippen molar-refractivity contribution in [1.82, 2.24) is 0 Å². The van der Waals surface area contributed by atoms with Gasteiger partial charge in [-0.15, -0.1) is 0 Å². The zero-order valence-corrected chi connectivity index (χ0v) is 29.5. The molecule has 0 heterocycles. The Kier molecular flexibility index (Phi) is 18.9. The minimum Gasteiger partial charge on any atom is -0.416 e. The van der Waals surface area contributed by atoms with Crippen molar-refractivity contribution < 1.29 is 22.1 Å². The maximum Gasteiger partial charge on any atom is 0.294 e. The molecule has 1 N–H and O–H groups in total. The molecule has 1 unspecified atom stereocenters. The zero-order chi connectivity index (χ0) is 30.8. The van der Waals surface area contributed by atoms with Crippen LogP contribution in [0, 0.1) is 6.92 Å². The lowest BCUT2D eigenvalue weighted by atomic mass is 9.99. The Hall–Kier alpha value is -0.733. The van der Waals surface area contributed by atoms with Crippen LogP contribution in [0.5, 0.6) is 0 Å². The molecule has 0 saturated heterocycles. The van der Waals surface area contributed by atoms with Gasteiger partial charge in [0, 0.05) is 19.1 Å². The second-order valence-corrected chi connectivity index (χ2v) is 19.9. The first-order valence-electron chi connectivity index (χ1n) is 16.6. The second-order valence-electron chi connectivity index (χ2n) is 13.7. The largest absolute Gasteiger partial charge is 0.416 e. The van der Waals surface area contributed by atoms with Gasteiger partial charge in [-0.05, 0) is 43.1 Å².